The molecule has 0 fully saturated rings. The van der Waals surface area contributed by atoms with Crippen LogP contribution in [0.3, 0.4) is 0 Å². The number of halogens is 3. The minimum absolute atomic E-state index is 0.191. The Morgan fingerprint density at radius 1 is 1.08 bits per heavy atom. The van der Waals surface area contributed by atoms with Crippen LogP contribution < -0.4 is 9.62 Å². The summed E-state index contributed by atoms with van der Waals surface area (Å²) in [4.78, 5) is 12.7. The molecule has 5 nitrogen and oxygen atoms in total. The van der Waals surface area contributed by atoms with Crippen LogP contribution in [0.5, 0.6) is 0 Å². The lowest BCUT2D eigenvalue weighted by molar-refractivity contribution is -0.116. The molecule has 1 atom stereocenters. The van der Waals surface area contributed by atoms with Gasteiger partial charge in [0, 0.05) is 10.7 Å². The van der Waals surface area contributed by atoms with E-state index in [-0.39, 0.29) is 15.7 Å². The van der Waals surface area contributed by atoms with Crippen molar-refractivity contribution in [3.8, 4) is 0 Å². The maximum absolute atomic E-state index is 12.7. The van der Waals surface area contributed by atoms with Crippen molar-refractivity contribution in [3.05, 3.63) is 57.0 Å². The highest BCUT2D eigenvalue weighted by Gasteiger charge is 2.29. The fourth-order valence-corrected chi connectivity index (χ4v) is 4.04. The van der Waals surface area contributed by atoms with Crippen LogP contribution in [0.1, 0.15) is 12.5 Å². The molecule has 0 aliphatic heterocycles. The first-order valence-corrected chi connectivity index (χ1v) is 10.5. The van der Waals surface area contributed by atoms with Crippen molar-refractivity contribution in [3.63, 3.8) is 0 Å². The summed E-state index contributed by atoms with van der Waals surface area (Å²) in [6.07, 6.45) is 1.02. The lowest BCUT2D eigenvalue weighted by Gasteiger charge is -2.28. The number of hydrogen-bond donors (Lipinski definition) is 1. The lowest BCUT2D eigenvalue weighted by atomic mass is 10.2. The SMILES string of the molecule is Cc1c(Cl)cccc1NC(=O)[C@H](C)N(c1ccc(Cl)c(Cl)c1)S(C)(=O)=O. The zero-order valence-electron chi connectivity index (χ0n) is 14.3. The molecule has 0 aliphatic rings. The third kappa shape index (κ3) is 4.62. The van der Waals surface area contributed by atoms with Gasteiger partial charge >= 0.3 is 0 Å². The first kappa shape index (κ1) is 20.8. The number of sulfonamides is 1. The van der Waals surface area contributed by atoms with Crippen molar-refractivity contribution in [2.45, 2.75) is 19.9 Å². The molecule has 0 aliphatic carbocycles. The summed E-state index contributed by atoms with van der Waals surface area (Å²) < 4.78 is 25.6. The number of amides is 1. The highest BCUT2D eigenvalue weighted by Crippen LogP contribution is 2.30. The van der Waals surface area contributed by atoms with E-state index in [1.807, 2.05) is 0 Å². The number of benzene rings is 2. The molecule has 0 heterocycles. The van der Waals surface area contributed by atoms with E-state index in [0.717, 1.165) is 10.6 Å². The van der Waals surface area contributed by atoms with E-state index in [4.69, 9.17) is 34.8 Å². The zero-order valence-corrected chi connectivity index (χ0v) is 17.3. The molecule has 0 saturated heterocycles. The van der Waals surface area contributed by atoms with Crippen LogP contribution in [0.15, 0.2) is 36.4 Å². The summed E-state index contributed by atoms with van der Waals surface area (Å²) in [5, 5.41) is 3.69. The highest BCUT2D eigenvalue weighted by atomic mass is 35.5. The summed E-state index contributed by atoms with van der Waals surface area (Å²) in [7, 11) is -3.76. The molecule has 0 saturated carbocycles. The van der Waals surface area contributed by atoms with Gasteiger partial charge in [0.1, 0.15) is 6.04 Å². The van der Waals surface area contributed by atoms with Crippen LogP contribution in [0.2, 0.25) is 15.1 Å². The average molecular weight is 436 g/mol. The highest BCUT2D eigenvalue weighted by molar-refractivity contribution is 7.92. The fourth-order valence-electron chi connectivity index (χ4n) is 2.41. The fraction of sp³-hybridized carbons (Fsp3) is 0.235. The van der Waals surface area contributed by atoms with Crippen molar-refractivity contribution >= 4 is 62.1 Å². The molecule has 0 spiro atoms. The molecule has 0 aromatic heterocycles. The normalized spacial score (nSPS) is 12.5. The van der Waals surface area contributed by atoms with Crippen LogP contribution in [-0.2, 0) is 14.8 Å². The third-order valence-corrected chi connectivity index (χ3v) is 6.16. The summed E-state index contributed by atoms with van der Waals surface area (Å²) in [6.45, 7) is 3.24. The molecule has 1 N–H and O–H groups in total. The predicted octanol–water partition coefficient (Wildman–Crippen LogP) is 4.75. The predicted molar refractivity (Wildman–Crippen MR) is 108 cm³/mol. The van der Waals surface area contributed by atoms with Crippen molar-refractivity contribution in [1.82, 2.24) is 0 Å². The Balaban J connectivity index is 2.37. The van der Waals surface area contributed by atoms with Crippen LogP contribution in [0.4, 0.5) is 11.4 Å². The van der Waals surface area contributed by atoms with Gasteiger partial charge in [0.05, 0.1) is 22.0 Å². The van der Waals surface area contributed by atoms with E-state index in [1.165, 1.54) is 25.1 Å². The van der Waals surface area contributed by atoms with Gasteiger partial charge in [-0.3, -0.25) is 9.10 Å². The smallest absolute Gasteiger partial charge is 0.248 e. The topological polar surface area (TPSA) is 66.5 Å². The van der Waals surface area contributed by atoms with E-state index in [0.29, 0.717) is 16.3 Å². The van der Waals surface area contributed by atoms with Gasteiger partial charge in [0.2, 0.25) is 15.9 Å². The second kappa shape index (κ2) is 8.05. The molecule has 2 aromatic carbocycles. The van der Waals surface area contributed by atoms with Crippen molar-refractivity contribution in [2.75, 3.05) is 15.9 Å². The van der Waals surface area contributed by atoms with Gasteiger partial charge < -0.3 is 5.32 Å². The van der Waals surface area contributed by atoms with Gasteiger partial charge in [0.25, 0.3) is 0 Å². The second-order valence-corrected chi connectivity index (χ2v) is 8.82. The van der Waals surface area contributed by atoms with Gasteiger partial charge in [-0.15, -0.1) is 0 Å². The van der Waals surface area contributed by atoms with E-state index in [2.05, 4.69) is 5.32 Å². The van der Waals surface area contributed by atoms with E-state index in [9.17, 15) is 13.2 Å². The maximum atomic E-state index is 12.7. The maximum Gasteiger partial charge on any atom is 0.248 e. The monoisotopic (exact) mass is 434 g/mol. The Morgan fingerprint density at radius 2 is 1.73 bits per heavy atom. The summed E-state index contributed by atoms with van der Waals surface area (Å²) >= 11 is 17.9. The standard InChI is InChI=1S/C17H17Cl3N2O3S/c1-10-13(18)5-4-6-16(10)21-17(23)11(2)22(26(3,24)25)12-7-8-14(19)15(20)9-12/h4-9,11H,1-3H3,(H,21,23)/t11-/m0/s1. The third-order valence-electron chi connectivity index (χ3n) is 3.77. The van der Waals surface area contributed by atoms with Gasteiger partial charge in [-0.25, -0.2) is 8.42 Å². The second-order valence-electron chi connectivity index (χ2n) is 5.73. The molecule has 2 rings (SSSR count). The van der Waals surface area contributed by atoms with E-state index < -0.39 is 22.0 Å². The Hall–Kier alpha value is -1.47. The Morgan fingerprint density at radius 3 is 2.31 bits per heavy atom. The number of carbonyl (C=O) groups excluding carboxylic acids is 1. The molecule has 0 unspecified atom stereocenters. The number of rotatable bonds is 5. The molecular formula is C17H17Cl3N2O3S. The molecule has 9 heteroatoms. The number of hydrogen-bond acceptors (Lipinski definition) is 3. The summed E-state index contributed by atoms with van der Waals surface area (Å²) in [5.41, 5.74) is 1.44. The van der Waals surface area contributed by atoms with Gasteiger partial charge in [0.15, 0.2) is 0 Å². The largest absolute Gasteiger partial charge is 0.324 e. The van der Waals surface area contributed by atoms with E-state index >= 15 is 0 Å². The molecule has 26 heavy (non-hydrogen) atoms. The van der Waals surface area contributed by atoms with Crippen molar-refractivity contribution in [1.29, 1.82) is 0 Å². The minimum Gasteiger partial charge on any atom is -0.324 e. The molecule has 0 radical (unpaired) electrons. The van der Waals surface area contributed by atoms with Gasteiger partial charge in [-0.05, 0) is 49.7 Å². The Bertz CT molecular complexity index is 948. The summed E-state index contributed by atoms with van der Waals surface area (Å²) in [5.74, 6) is -0.508. The van der Waals surface area contributed by atoms with Crippen molar-refractivity contribution in [2.24, 2.45) is 0 Å². The molecular weight excluding hydrogens is 419 g/mol. The number of carbonyl (C=O) groups is 1. The van der Waals surface area contributed by atoms with E-state index in [1.54, 1.807) is 25.1 Å². The molecule has 0 bridgehead atoms. The Labute approximate surface area is 167 Å². The summed E-state index contributed by atoms with van der Waals surface area (Å²) in [6, 6.07) is 8.43. The van der Waals surface area contributed by atoms with Gasteiger partial charge in [-0.2, -0.15) is 0 Å². The first-order chi connectivity index (χ1) is 12.0. The molecule has 140 valence electrons. The minimum atomic E-state index is -3.76. The number of anilines is 2. The quantitative estimate of drug-likeness (QED) is 0.737. The average Bonchev–Trinajstić information content (AvgIpc) is 2.54. The Kier molecular flexibility index (Phi) is 6.45. The molecule has 2 aromatic rings. The number of nitrogens with one attached hydrogen (secondary N) is 1. The molecule has 1 amide bonds. The zero-order chi connectivity index (χ0) is 19.6. The van der Waals surface area contributed by atoms with Crippen molar-refractivity contribution < 1.29 is 13.2 Å². The van der Waals surface area contributed by atoms with Crippen LogP contribution in [0.25, 0.3) is 0 Å². The lowest BCUT2D eigenvalue weighted by Crippen LogP contribution is -2.45. The van der Waals surface area contributed by atoms with Crippen LogP contribution >= 0.6 is 34.8 Å². The van der Waals surface area contributed by atoms with Crippen LogP contribution in [0, 0.1) is 6.92 Å². The van der Waals surface area contributed by atoms with Crippen LogP contribution in [-0.4, -0.2) is 26.6 Å². The number of nitrogens with zero attached hydrogens (tertiary/aromatic N) is 1. The van der Waals surface area contributed by atoms with Gasteiger partial charge in [-0.1, -0.05) is 40.9 Å². The first-order valence-electron chi connectivity index (χ1n) is 7.53.